The van der Waals surface area contributed by atoms with E-state index in [0.29, 0.717) is 30.0 Å². The molecule has 2 amide bonds. The third-order valence-electron chi connectivity index (χ3n) is 5.56. The topological polar surface area (TPSA) is 84.5 Å². The average Bonchev–Trinajstić information content (AvgIpc) is 3.40. The molecule has 6 nitrogen and oxygen atoms in total. The third-order valence-corrected chi connectivity index (χ3v) is 5.56. The van der Waals surface area contributed by atoms with E-state index in [1.165, 1.54) is 0 Å². The van der Waals surface area contributed by atoms with Crippen molar-refractivity contribution in [2.75, 3.05) is 11.9 Å². The van der Waals surface area contributed by atoms with Crippen molar-refractivity contribution in [3.63, 3.8) is 0 Å². The molecule has 2 atom stereocenters. The summed E-state index contributed by atoms with van der Waals surface area (Å²) in [5.41, 5.74) is 0.0695. The summed E-state index contributed by atoms with van der Waals surface area (Å²) >= 11 is 0. The van der Waals surface area contributed by atoms with Gasteiger partial charge in [-0.3, -0.25) is 9.59 Å². The number of rotatable bonds is 6. The molecular weight excluding hydrogens is 344 g/mol. The Kier molecular flexibility index (Phi) is 5.82. The van der Waals surface area contributed by atoms with Crippen LogP contribution in [0.1, 0.15) is 62.7 Å². The van der Waals surface area contributed by atoms with Gasteiger partial charge in [0.1, 0.15) is 5.54 Å². The molecule has 0 aromatic heterocycles. The molecule has 0 heterocycles. The molecule has 6 heteroatoms. The molecule has 0 spiro atoms. The van der Waals surface area contributed by atoms with Gasteiger partial charge in [-0.25, -0.2) is 4.79 Å². The van der Waals surface area contributed by atoms with E-state index in [-0.39, 0.29) is 30.3 Å². The number of hydrogen-bond acceptors (Lipinski definition) is 4. The standard InChI is InChI=1S/C21H28N2O4/c1-3-27-20(26)21(10-5-4-6-11-21)23-18(24)15-8-7-9-16(13-15)22-19(25)17-12-14(17)2/h7-9,13-14,17H,3-6,10-12H2,1-2H3,(H,22,25)(H,23,24)/t14-,17-/m0/s1. The van der Waals surface area contributed by atoms with Crippen molar-refractivity contribution in [3.05, 3.63) is 29.8 Å². The van der Waals surface area contributed by atoms with Crippen molar-refractivity contribution in [1.29, 1.82) is 0 Å². The Morgan fingerprint density at radius 1 is 1.19 bits per heavy atom. The summed E-state index contributed by atoms with van der Waals surface area (Å²) in [4.78, 5) is 37.5. The maximum atomic E-state index is 12.8. The summed E-state index contributed by atoms with van der Waals surface area (Å²) in [6, 6.07) is 6.84. The lowest BCUT2D eigenvalue weighted by molar-refractivity contribution is -0.152. The number of carbonyl (C=O) groups is 3. The Morgan fingerprint density at radius 3 is 2.52 bits per heavy atom. The predicted molar refractivity (Wildman–Crippen MR) is 102 cm³/mol. The Bertz CT molecular complexity index is 725. The first-order chi connectivity index (χ1) is 12.9. The SMILES string of the molecule is CCOC(=O)C1(NC(=O)c2cccc(NC(=O)[C@H]3C[C@@H]3C)c2)CCCCC1. The summed E-state index contributed by atoms with van der Waals surface area (Å²) in [6.45, 7) is 4.10. The van der Waals surface area contributed by atoms with Crippen LogP contribution in [0.15, 0.2) is 24.3 Å². The van der Waals surface area contributed by atoms with Gasteiger partial charge >= 0.3 is 5.97 Å². The van der Waals surface area contributed by atoms with Crippen molar-refractivity contribution >= 4 is 23.5 Å². The molecule has 2 fully saturated rings. The first-order valence-electron chi connectivity index (χ1n) is 9.86. The van der Waals surface area contributed by atoms with Gasteiger partial charge in [-0.15, -0.1) is 0 Å². The largest absolute Gasteiger partial charge is 0.464 e. The van der Waals surface area contributed by atoms with E-state index in [0.717, 1.165) is 25.7 Å². The normalized spacial score (nSPS) is 23.2. The van der Waals surface area contributed by atoms with E-state index >= 15 is 0 Å². The maximum Gasteiger partial charge on any atom is 0.331 e. The molecule has 2 N–H and O–H groups in total. The van der Waals surface area contributed by atoms with Crippen LogP contribution in [0, 0.1) is 11.8 Å². The van der Waals surface area contributed by atoms with Gasteiger partial charge in [0.25, 0.3) is 5.91 Å². The van der Waals surface area contributed by atoms with E-state index in [9.17, 15) is 14.4 Å². The molecule has 0 saturated heterocycles. The maximum absolute atomic E-state index is 12.8. The molecule has 2 saturated carbocycles. The fourth-order valence-corrected chi connectivity index (χ4v) is 3.75. The van der Waals surface area contributed by atoms with Crippen LogP contribution in [0.25, 0.3) is 0 Å². The molecule has 0 unspecified atom stereocenters. The Balaban J connectivity index is 1.71. The average molecular weight is 372 g/mol. The minimum atomic E-state index is -0.950. The fourth-order valence-electron chi connectivity index (χ4n) is 3.75. The van der Waals surface area contributed by atoms with Gasteiger partial charge in [0.05, 0.1) is 6.61 Å². The highest BCUT2D eigenvalue weighted by atomic mass is 16.5. The number of amides is 2. The van der Waals surface area contributed by atoms with Crippen LogP contribution < -0.4 is 10.6 Å². The zero-order chi connectivity index (χ0) is 19.4. The number of nitrogens with one attached hydrogen (secondary N) is 2. The van der Waals surface area contributed by atoms with E-state index < -0.39 is 5.54 Å². The summed E-state index contributed by atoms with van der Waals surface area (Å²) in [5.74, 6) is -0.189. The monoisotopic (exact) mass is 372 g/mol. The van der Waals surface area contributed by atoms with Crippen LogP contribution in [0.3, 0.4) is 0 Å². The lowest BCUT2D eigenvalue weighted by Crippen LogP contribution is -2.56. The number of carbonyl (C=O) groups excluding carboxylic acids is 3. The smallest absolute Gasteiger partial charge is 0.331 e. The molecule has 0 aliphatic heterocycles. The molecule has 0 bridgehead atoms. The zero-order valence-corrected chi connectivity index (χ0v) is 16.0. The zero-order valence-electron chi connectivity index (χ0n) is 16.0. The highest BCUT2D eigenvalue weighted by molar-refractivity contribution is 6.00. The lowest BCUT2D eigenvalue weighted by Gasteiger charge is -2.35. The van der Waals surface area contributed by atoms with Gasteiger partial charge in [0.2, 0.25) is 5.91 Å². The lowest BCUT2D eigenvalue weighted by atomic mass is 9.81. The predicted octanol–water partition coefficient (Wildman–Crippen LogP) is 3.28. The molecule has 2 aliphatic carbocycles. The molecule has 27 heavy (non-hydrogen) atoms. The quantitative estimate of drug-likeness (QED) is 0.751. The summed E-state index contributed by atoms with van der Waals surface area (Å²) in [6.07, 6.45) is 4.91. The summed E-state index contributed by atoms with van der Waals surface area (Å²) < 4.78 is 5.23. The molecular formula is C21H28N2O4. The van der Waals surface area contributed by atoms with E-state index in [4.69, 9.17) is 4.74 Å². The van der Waals surface area contributed by atoms with Gasteiger partial charge in [-0.05, 0) is 50.3 Å². The van der Waals surface area contributed by atoms with E-state index in [2.05, 4.69) is 10.6 Å². The second-order valence-corrected chi connectivity index (χ2v) is 7.71. The fraction of sp³-hybridized carbons (Fsp3) is 0.571. The second kappa shape index (κ2) is 8.11. The molecule has 2 aliphatic rings. The second-order valence-electron chi connectivity index (χ2n) is 7.71. The van der Waals surface area contributed by atoms with Crippen molar-refractivity contribution in [3.8, 4) is 0 Å². The number of esters is 1. The number of benzene rings is 1. The summed E-state index contributed by atoms with van der Waals surface area (Å²) in [5, 5.41) is 5.80. The number of anilines is 1. The first-order valence-corrected chi connectivity index (χ1v) is 9.86. The van der Waals surface area contributed by atoms with Gasteiger partial charge in [-0.2, -0.15) is 0 Å². The first kappa shape index (κ1) is 19.4. The van der Waals surface area contributed by atoms with Crippen molar-refractivity contribution in [2.45, 2.75) is 57.9 Å². The van der Waals surface area contributed by atoms with Gasteiger partial charge < -0.3 is 15.4 Å². The van der Waals surface area contributed by atoms with E-state index in [1.54, 1.807) is 31.2 Å². The minimum Gasteiger partial charge on any atom is -0.464 e. The van der Waals surface area contributed by atoms with Gasteiger partial charge in [0.15, 0.2) is 0 Å². The van der Waals surface area contributed by atoms with E-state index in [1.807, 2.05) is 6.92 Å². The molecule has 3 rings (SSSR count). The molecule has 0 radical (unpaired) electrons. The van der Waals surface area contributed by atoms with Crippen LogP contribution in [0.2, 0.25) is 0 Å². The Labute approximate surface area is 160 Å². The highest BCUT2D eigenvalue weighted by Gasteiger charge is 2.42. The van der Waals surface area contributed by atoms with Crippen molar-refractivity contribution in [1.82, 2.24) is 5.32 Å². The Hall–Kier alpha value is -2.37. The molecule has 1 aromatic rings. The summed E-state index contributed by atoms with van der Waals surface area (Å²) in [7, 11) is 0. The highest BCUT2D eigenvalue weighted by Crippen LogP contribution is 2.38. The minimum absolute atomic E-state index is 0.00432. The Morgan fingerprint density at radius 2 is 1.89 bits per heavy atom. The number of hydrogen-bond donors (Lipinski definition) is 2. The molecule has 146 valence electrons. The number of ether oxygens (including phenoxy) is 1. The van der Waals surface area contributed by atoms with Crippen LogP contribution >= 0.6 is 0 Å². The van der Waals surface area contributed by atoms with Crippen LogP contribution in [0.4, 0.5) is 5.69 Å². The molecule has 1 aromatic carbocycles. The van der Waals surface area contributed by atoms with Crippen LogP contribution in [0.5, 0.6) is 0 Å². The van der Waals surface area contributed by atoms with Crippen molar-refractivity contribution < 1.29 is 19.1 Å². The van der Waals surface area contributed by atoms with Crippen LogP contribution in [-0.2, 0) is 14.3 Å². The van der Waals surface area contributed by atoms with Gasteiger partial charge in [0, 0.05) is 17.2 Å². The third kappa shape index (κ3) is 4.49. The van der Waals surface area contributed by atoms with Gasteiger partial charge in [-0.1, -0.05) is 32.3 Å². The van der Waals surface area contributed by atoms with Crippen molar-refractivity contribution in [2.24, 2.45) is 11.8 Å². The van der Waals surface area contributed by atoms with Crippen LogP contribution in [-0.4, -0.2) is 29.9 Å².